The molecule has 4 rings (SSSR count). The zero-order valence-corrected chi connectivity index (χ0v) is 18.5. The Balaban J connectivity index is 1.44. The molecule has 13 heteroatoms. The van der Waals surface area contributed by atoms with E-state index in [4.69, 9.17) is 0 Å². The molecule has 0 aliphatic heterocycles. The molecule has 0 fully saturated rings. The van der Waals surface area contributed by atoms with Gasteiger partial charge in [-0.15, -0.1) is 5.10 Å². The molecular weight excluding hydrogens is 519 g/mol. The first kappa shape index (κ1) is 23.0. The number of anilines is 2. The number of aromatic nitrogens is 5. The Morgan fingerprint density at radius 1 is 0.941 bits per heavy atom. The Bertz CT molecular complexity index is 1340. The van der Waals surface area contributed by atoms with Crippen molar-refractivity contribution in [3.05, 3.63) is 88.4 Å². The average Bonchev–Trinajstić information content (AvgIpc) is 3.31. The molecule has 0 unspecified atom stereocenters. The Hall–Kier alpha value is -4.13. The Morgan fingerprint density at radius 2 is 1.76 bits per heavy atom. The van der Waals surface area contributed by atoms with Gasteiger partial charge in [-0.05, 0) is 58.4 Å². The normalized spacial score (nSPS) is 11.2. The molecule has 0 aliphatic carbocycles. The number of nitrogens with zero attached hydrogens (tertiary/aromatic N) is 5. The number of carbonyl (C=O) groups excluding carboxylic acids is 2. The highest BCUT2D eigenvalue weighted by Gasteiger charge is 2.30. The number of rotatable bonds is 5. The molecule has 1 aromatic carbocycles. The third-order valence-electron chi connectivity index (χ3n) is 4.39. The number of hydrogen-bond donors (Lipinski definition) is 2. The van der Waals surface area contributed by atoms with Gasteiger partial charge in [-0.1, -0.05) is 11.3 Å². The average molecular weight is 532 g/mol. The minimum atomic E-state index is -4.51. The molecule has 0 aliphatic rings. The zero-order valence-electron chi connectivity index (χ0n) is 16.9. The van der Waals surface area contributed by atoms with E-state index in [0.29, 0.717) is 17.7 Å². The monoisotopic (exact) mass is 531 g/mol. The molecule has 34 heavy (non-hydrogen) atoms. The molecule has 0 radical (unpaired) electrons. The summed E-state index contributed by atoms with van der Waals surface area (Å²) in [5.41, 5.74) is -0.409. The van der Waals surface area contributed by atoms with Crippen molar-refractivity contribution in [1.82, 2.24) is 25.0 Å². The molecule has 0 bridgehead atoms. The molecule has 0 saturated carbocycles. The predicted molar refractivity (Wildman–Crippen MR) is 118 cm³/mol. The van der Waals surface area contributed by atoms with Gasteiger partial charge in [0.1, 0.15) is 5.82 Å². The maximum atomic E-state index is 12.7. The second-order valence-corrected chi connectivity index (χ2v) is 7.72. The first-order chi connectivity index (χ1) is 16.2. The van der Waals surface area contributed by atoms with Crippen LogP contribution in [0.4, 0.5) is 24.7 Å². The second-order valence-electron chi connectivity index (χ2n) is 6.80. The van der Waals surface area contributed by atoms with Crippen molar-refractivity contribution < 1.29 is 22.8 Å². The van der Waals surface area contributed by atoms with E-state index in [1.807, 2.05) is 0 Å². The molecular formula is C21H13BrF3N7O2. The van der Waals surface area contributed by atoms with Crippen LogP contribution in [-0.2, 0) is 6.18 Å². The molecule has 0 spiro atoms. The predicted octanol–water partition coefficient (Wildman–Crippen LogP) is 4.34. The fourth-order valence-corrected chi connectivity index (χ4v) is 2.98. The van der Waals surface area contributed by atoms with E-state index >= 15 is 0 Å². The summed E-state index contributed by atoms with van der Waals surface area (Å²) < 4.78 is 39.9. The van der Waals surface area contributed by atoms with Crippen molar-refractivity contribution in [3.63, 3.8) is 0 Å². The van der Waals surface area contributed by atoms with Crippen molar-refractivity contribution in [3.8, 4) is 5.82 Å². The number of alkyl halides is 3. The van der Waals surface area contributed by atoms with Crippen molar-refractivity contribution in [1.29, 1.82) is 0 Å². The fourth-order valence-electron chi connectivity index (χ4n) is 2.74. The van der Waals surface area contributed by atoms with Crippen molar-refractivity contribution in [2.24, 2.45) is 0 Å². The lowest BCUT2D eigenvalue weighted by atomic mass is 10.2. The molecule has 3 heterocycles. The smallest absolute Gasteiger partial charge is 0.321 e. The van der Waals surface area contributed by atoms with E-state index in [0.717, 1.165) is 21.3 Å². The summed E-state index contributed by atoms with van der Waals surface area (Å²) in [7, 11) is 0. The molecule has 172 valence electrons. The largest absolute Gasteiger partial charge is 0.417 e. The summed E-state index contributed by atoms with van der Waals surface area (Å²) in [6.07, 6.45) is -1.09. The van der Waals surface area contributed by atoms with E-state index in [2.05, 4.69) is 46.8 Å². The summed E-state index contributed by atoms with van der Waals surface area (Å²) in [4.78, 5) is 32.8. The third-order valence-corrected chi connectivity index (χ3v) is 4.86. The topological polar surface area (TPSA) is 115 Å². The molecule has 2 amide bonds. The van der Waals surface area contributed by atoms with E-state index in [1.54, 1.807) is 36.5 Å². The van der Waals surface area contributed by atoms with Crippen molar-refractivity contribution >= 4 is 39.2 Å². The first-order valence-corrected chi connectivity index (χ1v) is 10.3. The SMILES string of the molecule is O=C(Nc1ccc(Br)cn1)c1cccc(NC(=O)c2cn(-c3ccc(C(F)(F)F)cn3)nn2)c1. The van der Waals surface area contributed by atoms with E-state index in [1.165, 1.54) is 12.3 Å². The Kier molecular flexibility index (Phi) is 6.36. The van der Waals surface area contributed by atoms with Gasteiger partial charge in [-0.25, -0.2) is 14.6 Å². The van der Waals surface area contributed by atoms with Crippen LogP contribution in [-0.4, -0.2) is 36.8 Å². The van der Waals surface area contributed by atoms with Crippen molar-refractivity contribution in [2.45, 2.75) is 6.18 Å². The van der Waals surface area contributed by atoms with Crippen LogP contribution < -0.4 is 10.6 Å². The summed E-state index contributed by atoms with van der Waals surface area (Å²) in [5.74, 6) is -0.647. The summed E-state index contributed by atoms with van der Waals surface area (Å²) in [6, 6.07) is 11.5. The van der Waals surface area contributed by atoms with Crippen LogP contribution in [0.2, 0.25) is 0 Å². The van der Waals surface area contributed by atoms with Crippen molar-refractivity contribution in [2.75, 3.05) is 10.6 Å². The van der Waals surface area contributed by atoms with Gasteiger partial charge in [-0.3, -0.25) is 9.59 Å². The number of pyridine rings is 2. The number of halogens is 4. The first-order valence-electron chi connectivity index (χ1n) is 9.49. The van der Waals surface area contributed by atoms with Crippen LogP contribution in [0.5, 0.6) is 0 Å². The number of hydrogen-bond acceptors (Lipinski definition) is 6. The summed E-state index contributed by atoms with van der Waals surface area (Å²) >= 11 is 3.26. The van der Waals surface area contributed by atoms with E-state index in [-0.39, 0.29) is 17.1 Å². The maximum absolute atomic E-state index is 12.7. The van der Waals surface area contributed by atoms with Gasteiger partial charge >= 0.3 is 6.18 Å². The maximum Gasteiger partial charge on any atom is 0.417 e. The highest BCUT2D eigenvalue weighted by atomic mass is 79.9. The number of benzene rings is 1. The Morgan fingerprint density at radius 3 is 2.44 bits per heavy atom. The fraction of sp³-hybridized carbons (Fsp3) is 0.0476. The molecule has 4 aromatic rings. The summed E-state index contributed by atoms with van der Waals surface area (Å²) in [6.45, 7) is 0. The summed E-state index contributed by atoms with van der Waals surface area (Å²) in [5, 5.41) is 12.7. The zero-order chi connectivity index (χ0) is 24.3. The Labute approximate surface area is 198 Å². The van der Waals surface area contributed by atoms with Gasteiger partial charge in [0.05, 0.1) is 11.8 Å². The van der Waals surface area contributed by atoms with Gasteiger partial charge in [0, 0.05) is 28.1 Å². The van der Waals surface area contributed by atoms with Gasteiger partial charge < -0.3 is 10.6 Å². The lowest BCUT2D eigenvalue weighted by Crippen LogP contribution is -2.15. The lowest BCUT2D eigenvalue weighted by molar-refractivity contribution is -0.137. The molecule has 0 saturated heterocycles. The van der Waals surface area contributed by atoms with Gasteiger partial charge in [0.2, 0.25) is 0 Å². The second kappa shape index (κ2) is 9.39. The van der Waals surface area contributed by atoms with Crippen LogP contribution in [0, 0.1) is 0 Å². The number of nitrogens with one attached hydrogen (secondary N) is 2. The minimum Gasteiger partial charge on any atom is -0.321 e. The highest BCUT2D eigenvalue weighted by molar-refractivity contribution is 9.10. The molecule has 3 aromatic heterocycles. The molecule has 2 N–H and O–H groups in total. The van der Waals surface area contributed by atoms with E-state index < -0.39 is 23.6 Å². The number of carbonyl (C=O) groups is 2. The standard InChI is InChI=1S/C21H13BrF3N7O2/c22-14-5-6-17(26-10-14)29-19(33)12-2-1-3-15(8-12)28-20(34)16-11-32(31-30-16)18-7-4-13(9-27-18)21(23,24)25/h1-11H,(H,28,34)(H,26,29,33). The van der Waals surface area contributed by atoms with Gasteiger partial charge in [0.15, 0.2) is 11.5 Å². The van der Waals surface area contributed by atoms with Crippen LogP contribution >= 0.6 is 15.9 Å². The van der Waals surface area contributed by atoms with Crippen LogP contribution in [0.15, 0.2) is 71.6 Å². The molecule has 9 nitrogen and oxygen atoms in total. The van der Waals surface area contributed by atoms with Crippen LogP contribution in [0.25, 0.3) is 5.82 Å². The minimum absolute atomic E-state index is 0.0553. The lowest BCUT2D eigenvalue weighted by Gasteiger charge is -2.07. The van der Waals surface area contributed by atoms with Crippen LogP contribution in [0.1, 0.15) is 26.4 Å². The highest BCUT2D eigenvalue weighted by Crippen LogP contribution is 2.28. The van der Waals surface area contributed by atoms with E-state index in [9.17, 15) is 22.8 Å². The van der Waals surface area contributed by atoms with Crippen LogP contribution in [0.3, 0.4) is 0 Å². The third kappa shape index (κ3) is 5.43. The molecule has 0 atom stereocenters. The van der Waals surface area contributed by atoms with Gasteiger partial charge in [-0.2, -0.15) is 13.2 Å². The number of amides is 2. The quantitative estimate of drug-likeness (QED) is 0.395. The van der Waals surface area contributed by atoms with Gasteiger partial charge in [0.25, 0.3) is 11.8 Å².